The Balaban J connectivity index is 1.71. The first kappa shape index (κ1) is 16.9. The zero-order chi connectivity index (χ0) is 17.1. The van der Waals surface area contributed by atoms with E-state index in [1.807, 2.05) is 0 Å². The molecule has 3 rings (SSSR count). The van der Waals surface area contributed by atoms with Crippen LogP contribution in [0.5, 0.6) is 0 Å². The van der Waals surface area contributed by atoms with Crippen LogP contribution in [0.3, 0.4) is 0 Å². The van der Waals surface area contributed by atoms with Gasteiger partial charge in [0.05, 0.1) is 28.8 Å². The Morgan fingerprint density at radius 1 is 1.42 bits per heavy atom. The molecule has 0 radical (unpaired) electrons. The van der Waals surface area contributed by atoms with E-state index in [0.29, 0.717) is 28.7 Å². The molecule has 2 aromatic rings. The number of aromatic nitrogens is 1. The van der Waals surface area contributed by atoms with Gasteiger partial charge in [0, 0.05) is 4.88 Å². The summed E-state index contributed by atoms with van der Waals surface area (Å²) in [5, 5.41) is 3.73. The number of anilines is 1. The molecule has 1 unspecified atom stereocenters. The van der Waals surface area contributed by atoms with Gasteiger partial charge in [-0.05, 0) is 38.3 Å². The highest BCUT2D eigenvalue weighted by atomic mass is 35.5. The normalized spacial score (nSPS) is 16.3. The molecular formula is C17H17ClN2O3S. The summed E-state index contributed by atoms with van der Waals surface area (Å²) in [5.74, 6) is -0.558. The number of hydrogen-bond acceptors (Lipinski definition) is 5. The third-order valence-corrected chi connectivity index (χ3v) is 5.26. The quantitative estimate of drug-likeness (QED) is 0.839. The lowest BCUT2D eigenvalue weighted by Crippen LogP contribution is -2.24. The van der Waals surface area contributed by atoms with Crippen molar-refractivity contribution in [3.05, 3.63) is 45.4 Å². The van der Waals surface area contributed by atoms with E-state index in [2.05, 4.69) is 10.3 Å². The van der Waals surface area contributed by atoms with E-state index in [1.54, 1.807) is 31.2 Å². The topological polar surface area (TPSA) is 68.3 Å². The summed E-state index contributed by atoms with van der Waals surface area (Å²) in [7, 11) is 0. The van der Waals surface area contributed by atoms with Crippen molar-refractivity contribution in [2.75, 3.05) is 11.9 Å². The van der Waals surface area contributed by atoms with E-state index in [-0.39, 0.29) is 17.8 Å². The van der Waals surface area contributed by atoms with Gasteiger partial charge in [0.1, 0.15) is 0 Å². The Bertz CT molecular complexity index is 775. The molecule has 5 nitrogen and oxygen atoms in total. The Hall–Kier alpha value is -1.92. The highest BCUT2D eigenvalue weighted by Gasteiger charge is 2.28. The van der Waals surface area contributed by atoms with Crippen LogP contribution in [0.2, 0.25) is 5.02 Å². The minimum Gasteiger partial charge on any atom is -0.466 e. The molecule has 1 aliphatic rings. The number of esters is 1. The molecule has 1 amide bonds. The van der Waals surface area contributed by atoms with Gasteiger partial charge in [0.2, 0.25) is 0 Å². The number of ether oxygens (including phenoxy) is 1. The Kier molecular flexibility index (Phi) is 5.16. The van der Waals surface area contributed by atoms with Crippen LogP contribution in [0.4, 0.5) is 5.13 Å². The summed E-state index contributed by atoms with van der Waals surface area (Å²) >= 11 is 7.45. The third-order valence-electron chi connectivity index (χ3n) is 3.90. The van der Waals surface area contributed by atoms with E-state index < -0.39 is 0 Å². The number of halogens is 1. The number of amides is 1. The smallest absolute Gasteiger partial charge is 0.309 e. The lowest BCUT2D eigenvalue weighted by Gasteiger charge is -2.18. The van der Waals surface area contributed by atoms with Crippen LogP contribution in [0.1, 0.15) is 34.3 Å². The van der Waals surface area contributed by atoms with Crippen molar-refractivity contribution in [3.63, 3.8) is 0 Å². The van der Waals surface area contributed by atoms with Crippen molar-refractivity contribution in [1.82, 2.24) is 4.98 Å². The molecule has 0 spiro atoms. The van der Waals surface area contributed by atoms with Crippen molar-refractivity contribution < 1.29 is 14.3 Å². The summed E-state index contributed by atoms with van der Waals surface area (Å²) in [6.45, 7) is 2.20. The first-order chi connectivity index (χ1) is 11.6. The molecule has 0 fully saturated rings. The third kappa shape index (κ3) is 3.60. The van der Waals surface area contributed by atoms with Crippen molar-refractivity contribution in [3.8, 4) is 0 Å². The highest BCUT2D eigenvalue weighted by molar-refractivity contribution is 7.15. The molecule has 7 heteroatoms. The fourth-order valence-electron chi connectivity index (χ4n) is 2.70. The molecular weight excluding hydrogens is 348 g/mol. The number of nitrogens with zero attached hydrogens (tertiary/aromatic N) is 1. The summed E-state index contributed by atoms with van der Waals surface area (Å²) < 4.78 is 5.10. The summed E-state index contributed by atoms with van der Waals surface area (Å²) in [5.41, 5.74) is 1.37. The van der Waals surface area contributed by atoms with Gasteiger partial charge in [0.15, 0.2) is 5.13 Å². The van der Waals surface area contributed by atoms with E-state index in [4.69, 9.17) is 16.3 Å². The van der Waals surface area contributed by atoms with Gasteiger partial charge in [-0.25, -0.2) is 4.98 Å². The zero-order valence-corrected chi connectivity index (χ0v) is 14.7. The Morgan fingerprint density at radius 3 is 2.96 bits per heavy atom. The van der Waals surface area contributed by atoms with Crippen LogP contribution in [0.25, 0.3) is 0 Å². The molecule has 1 aliphatic carbocycles. The largest absolute Gasteiger partial charge is 0.466 e. The second kappa shape index (κ2) is 7.32. The maximum Gasteiger partial charge on any atom is 0.309 e. The van der Waals surface area contributed by atoms with Crippen molar-refractivity contribution >= 4 is 39.9 Å². The number of thiazole rings is 1. The second-order valence-electron chi connectivity index (χ2n) is 5.51. The van der Waals surface area contributed by atoms with E-state index in [1.165, 1.54) is 11.3 Å². The molecule has 1 heterocycles. The van der Waals surface area contributed by atoms with Crippen LogP contribution >= 0.6 is 22.9 Å². The zero-order valence-electron chi connectivity index (χ0n) is 13.2. The van der Waals surface area contributed by atoms with Crippen LogP contribution in [0.15, 0.2) is 24.3 Å². The minimum atomic E-state index is -0.284. The number of carbonyl (C=O) groups excluding carboxylic acids is 2. The van der Waals surface area contributed by atoms with Crippen LogP contribution in [0, 0.1) is 5.92 Å². The minimum absolute atomic E-state index is 0.120. The highest BCUT2D eigenvalue weighted by Crippen LogP contribution is 2.33. The van der Waals surface area contributed by atoms with Gasteiger partial charge >= 0.3 is 5.97 Å². The average Bonchev–Trinajstić information content (AvgIpc) is 2.96. The molecule has 1 N–H and O–H groups in total. The van der Waals surface area contributed by atoms with Crippen LogP contribution < -0.4 is 5.32 Å². The molecule has 0 saturated carbocycles. The summed E-state index contributed by atoms with van der Waals surface area (Å²) in [6, 6.07) is 6.88. The predicted octanol–water partition coefficient (Wildman–Crippen LogP) is 3.72. The molecule has 0 aliphatic heterocycles. The number of nitrogens with one attached hydrogen (secondary N) is 1. The molecule has 24 heavy (non-hydrogen) atoms. The Morgan fingerprint density at radius 2 is 2.21 bits per heavy atom. The fraction of sp³-hybridized carbons (Fsp3) is 0.353. The van der Waals surface area contributed by atoms with Gasteiger partial charge in [-0.1, -0.05) is 23.7 Å². The first-order valence-electron chi connectivity index (χ1n) is 7.79. The number of rotatable bonds is 4. The number of fused-ring (bicyclic) bond motifs is 1. The van der Waals surface area contributed by atoms with E-state index in [0.717, 1.165) is 23.4 Å². The van der Waals surface area contributed by atoms with Crippen molar-refractivity contribution in [1.29, 1.82) is 0 Å². The number of aryl methyl sites for hydroxylation is 1. The van der Waals surface area contributed by atoms with Gasteiger partial charge < -0.3 is 4.74 Å². The standard InChI is InChI=1S/C17H17ClN2O3S/c1-2-23-16(22)10-7-8-13-14(9-10)24-17(19-13)20-15(21)11-5-3-4-6-12(11)18/h3-6,10H,2,7-9H2,1H3,(H,19,20,21). The molecule has 1 atom stereocenters. The summed E-state index contributed by atoms with van der Waals surface area (Å²) in [6.07, 6.45) is 2.07. The van der Waals surface area contributed by atoms with Crippen molar-refractivity contribution in [2.45, 2.75) is 26.2 Å². The van der Waals surface area contributed by atoms with Gasteiger partial charge in [-0.2, -0.15) is 0 Å². The Labute approximate surface area is 149 Å². The SMILES string of the molecule is CCOC(=O)C1CCc2nc(NC(=O)c3ccccc3Cl)sc2C1. The van der Waals surface area contributed by atoms with Crippen LogP contribution in [-0.2, 0) is 22.4 Å². The molecule has 0 bridgehead atoms. The van der Waals surface area contributed by atoms with E-state index in [9.17, 15) is 9.59 Å². The predicted molar refractivity (Wildman–Crippen MR) is 93.7 cm³/mol. The molecule has 1 aromatic carbocycles. The second-order valence-corrected chi connectivity index (χ2v) is 7.01. The monoisotopic (exact) mass is 364 g/mol. The van der Waals surface area contributed by atoms with E-state index >= 15 is 0 Å². The fourth-order valence-corrected chi connectivity index (χ4v) is 4.00. The van der Waals surface area contributed by atoms with Crippen LogP contribution in [-0.4, -0.2) is 23.5 Å². The number of hydrogen-bond donors (Lipinski definition) is 1. The maximum atomic E-state index is 12.3. The van der Waals surface area contributed by atoms with Crippen molar-refractivity contribution in [2.24, 2.45) is 5.92 Å². The lowest BCUT2D eigenvalue weighted by molar-refractivity contribution is -0.148. The lowest BCUT2D eigenvalue weighted by atomic mass is 9.91. The average molecular weight is 365 g/mol. The first-order valence-corrected chi connectivity index (χ1v) is 8.99. The van der Waals surface area contributed by atoms with Gasteiger partial charge in [0.25, 0.3) is 5.91 Å². The molecule has 1 aromatic heterocycles. The van der Waals surface area contributed by atoms with Gasteiger partial charge in [-0.3, -0.25) is 14.9 Å². The summed E-state index contributed by atoms with van der Waals surface area (Å²) in [4.78, 5) is 29.7. The maximum absolute atomic E-state index is 12.3. The number of benzene rings is 1. The number of carbonyl (C=O) groups is 2. The molecule has 126 valence electrons. The molecule has 0 saturated heterocycles. The van der Waals surface area contributed by atoms with Gasteiger partial charge in [-0.15, -0.1) is 11.3 Å².